The van der Waals surface area contributed by atoms with E-state index in [2.05, 4.69) is 36.1 Å². The highest BCUT2D eigenvalue weighted by Gasteiger charge is 2.53. The first-order valence-corrected chi connectivity index (χ1v) is 11.5. The van der Waals surface area contributed by atoms with Crippen LogP contribution in [0.1, 0.15) is 38.2 Å². The van der Waals surface area contributed by atoms with Gasteiger partial charge in [-0.3, -0.25) is 14.7 Å². The van der Waals surface area contributed by atoms with Gasteiger partial charge in [0.1, 0.15) is 5.82 Å². The summed E-state index contributed by atoms with van der Waals surface area (Å²) in [5.41, 5.74) is 2.34. The van der Waals surface area contributed by atoms with Gasteiger partial charge in [-0.1, -0.05) is 36.4 Å². The van der Waals surface area contributed by atoms with E-state index in [1.165, 1.54) is 17.7 Å². The summed E-state index contributed by atoms with van der Waals surface area (Å²) >= 11 is 5.86. The maximum absolute atomic E-state index is 14.0. The van der Waals surface area contributed by atoms with Gasteiger partial charge in [-0.25, -0.2) is 4.39 Å². The Bertz CT molecular complexity index is 951. The second kappa shape index (κ2) is 9.49. The fourth-order valence-electron chi connectivity index (χ4n) is 5.02. The van der Waals surface area contributed by atoms with Gasteiger partial charge < -0.3 is 4.90 Å². The predicted molar refractivity (Wildman–Crippen MR) is 124 cm³/mol. The number of piperidine rings is 1. The van der Waals surface area contributed by atoms with Crippen molar-refractivity contribution >= 4 is 28.9 Å². The number of aliphatic imine (C=N–C) groups is 1. The Morgan fingerprint density at radius 2 is 2.00 bits per heavy atom. The predicted octanol–water partition coefficient (Wildman–Crippen LogP) is 5.06. The fraction of sp³-hybridized carbons (Fsp3) is 0.440. The number of rotatable bonds is 6. The van der Waals surface area contributed by atoms with Crippen LogP contribution in [0.5, 0.6) is 0 Å². The third kappa shape index (κ3) is 4.53. The van der Waals surface area contributed by atoms with Crippen LogP contribution < -0.4 is 4.90 Å². The topological polar surface area (TPSA) is 35.9 Å². The van der Waals surface area contributed by atoms with E-state index in [4.69, 9.17) is 16.6 Å². The molecule has 4 nitrogen and oxygen atoms in total. The van der Waals surface area contributed by atoms with Crippen LogP contribution in [0, 0.1) is 5.82 Å². The van der Waals surface area contributed by atoms with Crippen molar-refractivity contribution in [1.29, 1.82) is 0 Å². The first-order valence-electron chi connectivity index (χ1n) is 11.0. The molecule has 2 aliphatic rings. The van der Waals surface area contributed by atoms with Crippen LogP contribution in [0.25, 0.3) is 0 Å². The molecule has 0 N–H and O–H groups in total. The summed E-state index contributed by atoms with van der Waals surface area (Å²) in [4.78, 5) is 22.3. The molecule has 0 aliphatic carbocycles. The van der Waals surface area contributed by atoms with Crippen molar-refractivity contribution in [2.45, 2.75) is 50.7 Å². The lowest BCUT2D eigenvalue weighted by Crippen LogP contribution is -2.59. The molecule has 1 spiro atoms. The molecule has 2 atom stereocenters. The van der Waals surface area contributed by atoms with E-state index in [0.29, 0.717) is 24.5 Å². The van der Waals surface area contributed by atoms with E-state index in [1.807, 2.05) is 17.0 Å². The van der Waals surface area contributed by atoms with Crippen molar-refractivity contribution < 1.29 is 9.18 Å². The Labute approximate surface area is 188 Å². The molecule has 0 radical (unpaired) electrons. The number of amides is 1. The molecule has 1 amide bonds. The highest BCUT2D eigenvalue weighted by atomic mass is 35.5. The van der Waals surface area contributed by atoms with Crippen molar-refractivity contribution in [2.75, 3.05) is 23.9 Å². The minimum absolute atomic E-state index is 0.000988. The molecule has 0 saturated carbocycles. The standard InChI is InChI=1S/C25H29ClFN3O/c1-19-17-25(11-14-29(19)18-20-7-3-2-4-8-20)23(28-13-6-12-26)16-24(31)30(25)22-10-5-9-21(27)15-22/h2-5,7-10,15,19H,6,11-14,16-18H2,1H3/t19-,25+/m0/s1. The molecular weight excluding hydrogens is 413 g/mol. The Morgan fingerprint density at radius 3 is 2.71 bits per heavy atom. The van der Waals surface area contributed by atoms with Crippen molar-refractivity contribution in [3.63, 3.8) is 0 Å². The van der Waals surface area contributed by atoms with Crippen molar-refractivity contribution in [2.24, 2.45) is 4.99 Å². The first-order chi connectivity index (χ1) is 15.0. The lowest BCUT2D eigenvalue weighted by molar-refractivity contribution is -0.117. The zero-order valence-corrected chi connectivity index (χ0v) is 18.7. The molecule has 2 aliphatic heterocycles. The average molecular weight is 442 g/mol. The van der Waals surface area contributed by atoms with Gasteiger partial charge in [-0.15, -0.1) is 11.6 Å². The van der Waals surface area contributed by atoms with Crippen LogP contribution in [0.2, 0.25) is 0 Å². The Balaban J connectivity index is 1.65. The molecule has 31 heavy (non-hydrogen) atoms. The highest BCUT2D eigenvalue weighted by Crippen LogP contribution is 2.43. The molecule has 2 fully saturated rings. The molecule has 2 aromatic rings. The average Bonchev–Trinajstić information content (AvgIpc) is 3.02. The number of carbonyl (C=O) groups is 1. The van der Waals surface area contributed by atoms with Gasteiger partial charge in [0, 0.05) is 43.0 Å². The number of carbonyl (C=O) groups excluding carboxylic acids is 1. The SMILES string of the molecule is C[C@H]1C[C@]2(CCN1Cc1ccccc1)C(=NCCCCl)CC(=O)N2c1cccc(F)c1. The number of likely N-dealkylation sites (tertiary alicyclic amines) is 1. The molecule has 164 valence electrons. The summed E-state index contributed by atoms with van der Waals surface area (Å²) in [6, 6.07) is 17.1. The largest absolute Gasteiger partial charge is 0.300 e. The van der Waals surface area contributed by atoms with Gasteiger partial charge in [-0.2, -0.15) is 0 Å². The second-order valence-corrected chi connectivity index (χ2v) is 8.93. The maximum atomic E-state index is 14.0. The quantitative estimate of drug-likeness (QED) is 0.464. The van der Waals surface area contributed by atoms with Gasteiger partial charge in [0.25, 0.3) is 0 Å². The molecule has 2 aromatic carbocycles. The van der Waals surface area contributed by atoms with Crippen LogP contribution in [-0.4, -0.2) is 47.1 Å². The second-order valence-electron chi connectivity index (χ2n) is 8.55. The Hall–Kier alpha value is -2.24. The molecule has 0 aromatic heterocycles. The van der Waals surface area contributed by atoms with Crippen LogP contribution in [0.4, 0.5) is 10.1 Å². The maximum Gasteiger partial charge on any atom is 0.233 e. The molecule has 4 rings (SSSR count). The normalized spacial score (nSPS) is 25.6. The molecule has 0 unspecified atom stereocenters. The molecule has 6 heteroatoms. The summed E-state index contributed by atoms with van der Waals surface area (Å²) in [6.45, 7) is 4.56. The van der Waals surface area contributed by atoms with Gasteiger partial charge in [-0.05, 0) is 49.9 Å². The summed E-state index contributed by atoms with van der Waals surface area (Å²) < 4.78 is 14.0. The summed E-state index contributed by atoms with van der Waals surface area (Å²) in [5, 5.41) is 0. The van der Waals surface area contributed by atoms with Crippen molar-refractivity contribution in [3.8, 4) is 0 Å². The van der Waals surface area contributed by atoms with E-state index >= 15 is 0 Å². The molecular formula is C25H29ClFN3O. The smallest absolute Gasteiger partial charge is 0.233 e. The van der Waals surface area contributed by atoms with E-state index < -0.39 is 5.54 Å². The van der Waals surface area contributed by atoms with Gasteiger partial charge in [0.2, 0.25) is 5.91 Å². The third-order valence-electron chi connectivity index (χ3n) is 6.49. The van der Waals surface area contributed by atoms with E-state index in [9.17, 15) is 9.18 Å². The van der Waals surface area contributed by atoms with Gasteiger partial charge in [0.05, 0.1) is 12.0 Å². The highest BCUT2D eigenvalue weighted by molar-refractivity contribution is 6.21. The summed E-state index contributed by atoms with van der Waals surface area (Å²) in [6.07, 6.45) is 2.64. The van der Waals surface area contributed by atoms with Crippen molar-refractivity contribution in [3.05, 3.63) is 66.0 Å². The molecule has 2 saturated heterocycles. The number of halogens is 2. The van der Waals surface area contributed by atoms with Crippen LogP contribution in [0.15, 0.2) is 59.6 Å². The minimum atomic E-state index is -0.496. The number of anilines is 1. The zero-order chi connectivity index (χ0) is 21.8. The van der Waals surface area contributed by atoms with Gasteiger partial charge in [0.15, 0.2) is 0 Å². The number of benzene rings is 2. The first kappa shape index (κ1) is 22.0. The molecule has 0 bridgehead atoms. The molecule has 2 heterocycles. The fourth-order valence-corrected chi connectivity index (χ4v) is 5.14. The van der Waals surface area contributed by atoms with E-state index in [0.717, 1.165) is 38.1 Å². The van der Waals surface area contributed by atoms with E-state index in [1.54, 1.807) is 6.07 Å². The number of alkyl halides is 1. The third-order valence-corrected chi connectivity index (χ3v) is 6.76. The number of hydrogen-bond acceptors (Lipinski definition) is 3. The number of hydrogen-bond donors (Lipinski definition) is 0. The van der Waals surface area contributed by atoms with Crippen molar-refractivity contribution in [1.82, 2.24) is 4.90 Å². The Kier molecular flexibility index (Phi) is 6.73. The summed E-state index contributed by atoms with van der Waals surface area (Å²) in [5.74, 6) is 0.216. The Morgan fingerprint density at radius 1 is 1.19 bits per heavy atom. The van der Waals surface area contributed by atoms with Crippen LogP contribution in [-0.2, 0) is 11.3 Å². The minimum Gasteiger partial charge on any atom is -0.300 e. The lowest BCUT2D eigenvalue weighted by Gasteiger charge is -2.48. The summed E-state index contributed by atoms with van der Waals surface area (Å²) in [7, 11) is 0. The van der Waals surface area contributed by atoms with E-state index in [-0.39, 0.29) is 17.8 Å². The zero-order valence-electron chi connectivity index (χ0n) is 17.9. The number of nitrogens with zero attached hydrogens (tertiary/aromatic N) is 3. The van der Waals surface area contributed by atoms with Crippen LogP contribution in [0.3, 0.4) is 0 Å². The van der Waals surface area contributed by atoms with Gasteiger partial charge >= 0.3 is 0 Å². The van der Waals surface area contributed by atoms with Crippen LogP contribution >= 0.6 is 11.6 Å². The monoisotopic (exact) mass is 441 g/mol. The lowest BCUT2D eigenvalue weighted by atomic mass is 9.79.